The Balaban J connectivity index is 0.00000128. The van der Waals surface area contributed by atoms with Crippen LogP contribution in [0, 0.1) is 0 Å². The van der Waals surface area contributed by atoms with Crippen LogP contribution in [0.2, 0.25) is 0 Å². The zero-order valence-electron chi connectivity index (χ0n) is 8.55. The first kappa shape index (κ1) is 13.3. The molecule has 1 atom stereocenters. The zero-order valence-corrected chi connectivity index (χ0v) is 9.37. The quantitative estimate of drug-likeness (QED) is 0.808. The van der Waals surface area contributed by atoms with Gasteiger partial charge in [-0.05, 0) is 30.5 Å². The summed E-state index contributed by atoms with van der Waals surface area (Å²) in [5, 5.41) is 3.15. The molecule has 1 fully saturated rings. The number of halogens is 4. The molecule has 0 saturated carbocycles. The van der Waals surface area contributed by atoms with E-state index in [1.54, 1.807) is 6.07 Å². The second-order valence-electron chi connectivity index (χ2n) is 3.81. The molecule has 0 radical (unpaired) electrons. The smallest absolute Gasteiger partial charge is 0.316 e. The summed E-state index contributed by atoms with van der Waals surface area (Å²) < 4.78 is 37.3. The van der Waals surface area contributed by atoms with Gasteiger partial charge in [-0.15, -0.1) is 12.4 Å². The molecule has 1 saturated heterocycles. The Kier molecular flexibility index (Phi) is 4.21. The lowest BCUT2D eigenvalue weighted by atomic mass is 9.96. The van der Waals surface area contributed by atoms with Crippen molar-refractivity contribution in [2.45, 2.75) is 18.5 Å². The highest BCUT2D eigenvalue weighted by Crippen LogP contribution is 2.32. The molecule has 1 aromatic rings. The molecule has 1 aliphatic rings. The molecule has 90 valence electrons. The molecule has 1 aromatic carbocycles. The van der Waals surface area contributed by atoms with Crippen molar-refractivity contribution in [2.24, 2.45) is 0 Å². The molecule has 0 aromatic heterocycles. The Hall–Kier alpha value is -0.740. The fraction of sp³-hybridized carbons (Fsp3) is 0.455. The zero-order chi connectivity index (χ0) is 10.9. The maximum absolute atomic E-state index is 12.4. The van der Waals surface area contributed by atoms with E-state index in [-0.39, 0.29) is 18.3 Å². The van der Waals surface area contributed by atoms with E-state index in [4.69, 9.17) is 0 Å². The van der Waals surface area contributed by atoms with Gasteiger partial charge in [-0.3, -0.25) is 0 Å². The number of hydrogen-bond acceptors (Lipinski definition) is 1. The van der Waals surface area contributed by atoms with Crippen LogP contribution in [-0.4, -0.2) is 13.1 Å². The maximum atomic E-state index is 12.4. The third-order valence-electron chi connectivity index (χ3n) is 2.75. The normalized spacial score (nSPS) is 20.6. The third-order valence-corrected chi connectivity index (χ3v) is 2.75. The molecule has 0 aliphatic carbocycles. The Labute approximate surface area is 98.4 Å². The summed E-state index contributed by atoms with van der Waals surface area (Å²) in [5.74, 6) is 0.229. The van der Waals surface area contributed by atoms with Crippen molar-refractivity contribution in [3.05, 3.63) is 35.4 Å². The van der Waals surface area contributed by atoms with Crippen LogP contribution >= 0.6 is 12.4 Å². The minimum atomic E-state index is -4.23. The average molecular weight is 252 g/mol. The molecular formula is C11H13ClF3N. The van der Waals surface area contributed by atoms with Crippen LogP contribution in [0.25, 0.3) is 0 Å². The summed E-state index contributed by atoms with van der Waals surface area (Å²) in [6.45, 7) is 1.67. The first-order valence-electron chi connectivity index (χ1n) is 4.95. The Bertz CT molecular complexity index is 345. The van der Waals surface area contributed by atoms with Gasteiger partial charge in [0.2, 0.25) is 0 Å². The van der Waals surface area contributed by atoms with Gasteiger partial charge in [0, 0.05) is 6.54 Å². The van der Waals surface area contributed by atoms with Crippen LogP contribution in [0.1, 0.15) is 23.5 Å². The van der Waals surface area contributed by atoms with Crippen LogP contribution < -0.4 is 5.32 Å². The molecule has 5 heteroatoms. The molecule has 1 heterocycles. The summed E-state index contributed by atoms with van der Waals surface area (Å²) in [6, 6.07) is 5.63. The number of rotatable bonds is 1. The van der Waals surface area contributed by atoms with Crippen LogP contribution in [-0.2, 0) is 6.18 Å². The van der Waals surface area contributed by atoms with Crippen LogP contribution in [0.5, 0.6) is 0 Å². The Morgan fingerprint density at radius 2 is 2.00 bits per heavy atom. The molecule has 1 nitrogen and oxygen atoms in total. The average Bonchev–Trinajstić information content (AvgIpc) is 2.69. The minimum Gasteiger partial charge on any atom is -0.316 e. The van der Waals surface area contributed by atoms with Crippen molar-refractivity contribution in [1.82, 2.24) is 5.32 Å². The van der Waals surface area contributed by atoms with Crippen molar-refractivity contribution in [1.29, 1.82) is 0 Å². The van der Waals surface area contributed by atoms with Crippen molar-refractivity contribution in [3.63, 3.8) is 0 Å². The maximum Gasteiger partial charge on any atom is 0.416 e. The Morgan fingerprint density at radius 1 is 1.25 bits per heavy atom. The van der Waals surface area contributed by atoms with Gasteiger partial charge in [0.15, 0.2) is 0 Å². The van der Waals surface area contributed by atoms with E-state index in [2.05, 4.69) is 5.32 Å². The summed E-state index contributed by atoms with van der Waals surface area (Å²) in [6.07, 6.45) is -3.32. The van der Waals surface area contributed by atoms with Crippen molar-refractivity contribution >= 4 is 12.4 Å². The summed E-state index contributed by atoms with van der Waals surface area (Å²) in [7, 11) is 0. The number of nitrogens with one attached hydrogen (secondary N) is 1. The second kappa shape index (κ2) is 5.06. The van der Waals surface area contributed by atoms with Gasteiger partial charge in [0.1, 0.15) is 0 Å². The number of benzene rings is 1. The molecule has 2 rings (SSSR count). The first-order valence-corrected chi connectivity index (χ1v) is 4.95. The van der Waals surface area contributed by atoms with E-state index in [1.807, 2.05) is 0 Å². The largest absolute Gasteiger partial charge is 0.416 e. The molecule has 1 aliphatic heterocycles. The summed E-state index contributed by atoms with van der Waals surface area (Å²) >= 11 is 0. The SMILES string of the molecule is Cl.FC(F)(F)c1cccc([C@H]2CCNC2)c1. The number of hydrogen-bond donors (Lipinski definition) is 1. The fourth-order valence-electron chi connectivity index (χ4n) is 1.91. The van der Waals surface area contributed by atoms with Crippen molar-refractivity contribution in [3.8, 4) is 0 Å². The highest BCUT2D eigenvalue weighted by atomic mass is 35.5. The molecule has 0 bridgehead atoms. The summed E-state index contributed by atoms with van der Waals surface area (Å²) in [4.78, 5) is 0. The molecule has 0 unspecified atom stereocenters. The van der Waals surface area contributed by atoms with Gasteiger partial charge in [0.05, 0.1) is 5.56 Å². The fourth-order valence-corrected chi connectivity index (χ4v) is 1.91. The van der Waals surface area contributed by atoms with Gasteiger partial charge < -0.3 is 5.32 Å². The van der Waals surface area contributed by atoms with Crippen LogP contribution in [0.15, 0.2) is 24.3 Å². The van der Waals surface area contributed by atoms with E-state index >= 15 is 0 Å². The predicted molar refractivity (Wildman–Crippen MR) is 58.9 cm³/mol. The highest BCUT2D eigenvalue weighted by Gasteiger charge is 2.31. The second-order valence-corrected chi connectivity index (χ2v) is 3.81. The lowest BCUT2D eigenvalue weighted by Gasteiger charge is -2.12. The van der Waals surface area contributed by atoms with Crippen molar-refractivity contribution < 1.29 is 13.2 Å². The molecule has 0 amide bonds. The molecule has 0 spiro atoms. The molecular weight excluding hydrogens is 239 g/mol. The first-order chi connectivity index (χ1) is 7.07. The summed E-state index contributed by atoms with van der Waals surface area (Å²) in [5.41, 5.74) is 0.238. The van der Waals surface area contributed by atoms with Gasteiger partial charge in [-0.2, -0.15) is 13.2 Å². The highest BCUT2D eigenvalue weighted by molar-refractivity contribution is 5.85. The lowest BCUT2D eigenvalue weighted by molar-refractivity contribution is -0.137. The minimum absolute atomic E-state index is 0. The van der Waals surface area contributed by atoms with Gasteiger partial charge in [-0.25, -0.2) is 0 Å². The Morgan fingerprint density at radius 3 is 2.56 bits per heavy atom. The lowest BCUT2D eigenvalue weighted by Crippen LogP contribution is -2.09. The van der Waals surface area contributed by atoms with E-state index in [0.717, 1.165) is 31.1 Å². The van der Waals surface area contributed by atoms with E-state index in [9.17, 15) is 13.2 Å². The van der Waals surface area contributed by atoms with Gasteiger partial charge in [0.25, 0.3) is 0 Å². The topological polar surface area (TPSA) is 12.0 Å². The molecule has 1 N–H and O–H groups in total. The van der Waals surface area contributed by atoms with Crippen molar-refractivity contribution in [2.75, 3.05) is 13.1 Å². The predicted octanol–water partition coefficient (Wildman–Crippen LogP) is 3.20. The molecule has 16 heavy (non-hydrogen) atoms. The van der Waals surface area contributed by atoms with E-state index in [1.165, 1.54) is 12.1 Å². The third kappa shape index (κ3) is 2.89. The number of alkyl halides is 3. The van der Waals surface area contributed by atoms with Crippen LogP contribution in [0.3, 0.4) is 0 Å². The standard InChI is InChI=1S/C11H12F3N.ClH/c12-11(13,14)10-3-1-2-8(6-10)9-4-5-15-7-9;/h1-3,6,9,15H,4-5,7H2;1H/t9-;/m0./s1. The van der Waals surface area contributed by atoms with Gasteiger partial charge in [-0.1, -0.05) is 18.2 Å². The monoisotopic (exact) mass is 251 g/mol. The van der Waals surface area contributed by atoms with E-state index < -0.39 is 11.7 Å². The van der Waals surface area contributed by atoms with E-state index in [0.29, 0.717) is 0 Å². The van der Waals surface area contributed by atoms with Crippen LogP contribution in [0.4, 0.5) is 13.2 Å². The van der Waals surface area contributed by atoms with Gasteiger partial charge >= 0.3 is 6.18 Å².